The second-order valence-corrected chi connectivity index (χ2v) is 5.67. The zero-order chi connectivity index (χ0) is 14.1. The fourth-order valence-electron chi connectivity index (χ4n) is 1.94. The Morgan fingerprint density at radius 1 is 1.11 bits per heavy atom. The number of nitrogens with zero attached hydrogens (tertiary/aromatic N) is 1. The van der Waals surface area contributed by atoms with Crippen LogP contribution in [-0.2, 0) is 0 Å². The number of benzene rings is 1. The minimum atomic E-state index is 0.132. The first-order chi connectivity index (χ1) is 9.17. The summed E-state index contributed by atoms with van der Waals surface area (Å²) in [5.74, 6) is 0.850. The summed E-state index contributed by atoms with van der Waals surface area (Å²) in [7, 11) is 0. The maximum Gasteiger partial charge on any atom is 0.219 e. The quantitative estimate of drug-likeness (QED) is 0.742. The van der Waals surface area contributed by atoms with Crippen LogP contribution in [0.3, 0.4) is 0 Å². The van der Waals surface area contributed by atoms with Crippen molar-refractivity contribution in [2.75, 3.05) is 31.1 Å². The van der Waals surface area contributed by atoms with E-state index in [0.29, 0.717) is 5.69 Å². The molecule has 1 aromatic carbocycles. The van der Waals surface area contributed by atoms with E-state index in [1.54, 1.807) is 24.3 Å². The maximum absolute atomic E-state index is 12.0. The van der Waals surface area contributed by atoms with Crippen LogP contribution in [0.1, 0.15) is 37.0 Å². The Morgan fingerprint density at radius 3 is 2.21 bits per heavy atom. The third-order valence-corrected chi connectivity index (χ3v) is 3.75. The standard InChI is InChI=1S/C15H24N2OS/c1-3-9-17(10-4-2)11-12-19-15(18)13-5-7-14(16)8-6-13/h5-8H,3-4,9-12,16H2,1-2H3. The van der Waals surface area contributed by atoms with E-state index in [1.807, 2.05) is 0 Å². The molecule has 106 valence electrons. The molecule has 0 aliphatic heterocycles. The Kier molecular flexibility index (Phi) is 7.60. The summed E-state index contributed by atoms with van der Waals surface area (Å²) < 4.78 is 0. The van der Waals surface area contributed by atoms with E-state index in [9.17, 15) is 4.79 Å². The van der Waals surface area contributed by atoms with Crippen LogP contribution in [0.5, 0.6) is 0 Å². The predicted molar refractivity (Wildman–Crippen MR) is 84.7 cm³/mol. The van der Waals surface area contributed by atoms with Crippen LogP contribution in [-0.4, -0.2) is 35.4 Å². The molecule has 0 spiro atoms. The van der Waals surface area contributed by atoms with Crippen molar-refractivity contribution in [1.82, 2.24) is 4.90 Å². The van der Waals surface area contributed by atoms with Crippen molar-refractivity contribution in [3.05, 3.63) is 29.8 Å². The first-order valence-corrected chi connectivity index (χ1v) is 7.91. The van der Waals surface area contributed by atoms with E-state index >= 15 is 0 Å². The maximum atomic E-state index is 12.0. The lowest BCUT2D eigenvalue weighted by atomic mass is 10.2. The molecule has 1 aromatic rings. The lowest BCUT2D eigenvalue weighted by Gasteiger charge is -2.20. The molecule has 2 N–H and O–H groups in total. The van der Waals surface area contributed by atoms with Gasteiger partial charge in [-0.25, -0.2) is 0 Å². The molecule has 0 aromatic heterocycles. The zero-order valence-electron chi connectivity index (χ0n) is 11.9. The minimum absolute atomic E-state index is 0.132. The van der Waals surface area contributed by atoms with Crippen LogP contribution in [0.25, 0.3) is 0 Å². The summed E-state index contributed by atoms with van der Waals surface area (Å²) in [6.45, 7) is 7.59. The Morgan fingerprint density at radius 2 is 1.68 bits per heavy atom. The molecule has 0 radical (unpaired) electrons. The van der Waals surface area contributed by atoms with Gasteiger partial charge in [-0.2, -0.15) is 0 Å². The van der Waals surface area contributed by atoms with Crippen LogP contribution in [0.15, 0.2) is 24.3 Å². The number of rotatable bonds is 8. The summed E-state index contributed by atoms with van der Waals surface area (Å²) in [5, 5.41) is 0.132. The van der Waals surface area contributed by atoms with Gasteiger partial charge >= 0.3 is 0 Å². The van der Waals surface area contributed by atoms with Gasteiger partial charge in [0.2, 0.25) is 5.12 Å². The van der Waals surface area contributed by atoms with Gasteiger partial charge in [0.05, 0.1) is 0 Å². The average Bonchev–Trinajstić information content (AvgIpc) is 2.40. The van der Waals surface area contributed by atoms with Crippen molar-refractivity contribution in [1.29, 1.82) is 0 Å². The Hall–Kier alpha value is -1.00. The first-order valence-electron chi connectivity index (χ1n) is 6.92. The monoisotopic (exact) mass is 280 g/mol. The molecule has 0 amide bonds. The lowest BCUT2D eigenvalue weighted by Crippen LogP contribution is -2.28. The number of nitrogen functional groups attached to an aromatic ring is 1. The normalized spacial score (nSPS) is 10.9. The molecule has 1 rings (SSSR count). The van der Waals surface area contributed by atoms with Crippen LogP contribution < -0.4 is 5.73 Å². The molecule has 0 aliphatic carbocycles. The van der Waals surface area contributed by atoms with Gasteiger partial charge in [-0.05, 0) is 50.2 Å². The fourth-order valence-corrected chi connectivity index (χ4v) is 2.78. The summed E-state index contributed by atoms with van der Waals surface area (Å²) in [6, 6.07) is 7.13. The van der Waals surface area contributed by atoms with Gasteiger partial charge in [0, 0.05) is 23.5 Å². The number of anilines is 1. The molecule has 0 atom stereocenters. The van der Waals surface area contributed by atoms with E-state index < -0.39 is 0 Å². The summed E-state index contributed by atoms with van der Waals surface area (Å²) in [5.41, 5.74) is 7.03. The lowest BCUT2D eigenvalue weighted by molar-refractivity contribution is 0.108. The molecule has 0 saturated heterocycles. The van der Waals surface area contributed by atoms with Gasteiger partial charge in [-0.1, -0.05) is 25.6 Å². The highest BCUT2D eigenvalue weighted by molar-refractivity contribution is 8.14. The molecular weight excluding hydrogens is 256 g/mol. The molecule has 0 unspecified atom stereocenters. The minimum Gasteiger partial charge on any atom is -0.399 e. The van der Waals surface area contributed by atoms with E-state index in [-0.39, 0.29) is 5.12 Å². The number of hydrogen-bond acceptors (Lipinski definition) is 4. The van der Waals surface area contributed by atoms with Gasteiger partial charge in [-0.15, -0.1) is 0 Å². The van der Waals surface area contributed by atoms with Crippen molar-refractivity contribution >= 4 is 22.6 Å². The van der Waals surface area contributed by atoms with Gasteiger partial charge in [0.15, 0.2) is 0 Å². The Labute approximate surface area is 120 Å². The first kappa shape index (κ1) is 16.1. The molecule has 3 nitrogen and oxygen atoms in total. The second kappa shape index (κ2) is 8.99. The second-order valence-electron chi connectivity index (χ2n) is 4.60. The highest BCUT2D eigenvalue weighted by Crippen LogP contribution is 2.14. The molecule has 0 saturated carbocycles. The van der Waals surface area contributed by atoms with E-state index in [1.165, 1.54) is 11.8 Å². The SMILES string of the molecule is CCCN(CCC)CCSC(=O)c1ccc(N)cc1. The van der Waals surface area contributed by atoms with Crippen LogP contribution in [0, 0.1) is 0 Å². The predicted octanol–water partition coefficient (Wildman–Crippen LogP) is 3.26. The smallest absolute Gasteiger partial charge is 0.219 e. The third kappa shape index (κ3) is 6.12. The highest BCUT2D eigenvalue weighted by atomic mass is 32.2. The van der Waals surface area contributed by atoms with Gasteiger partial charge in [0.25, 0.3) is 0 Å². The van der Waals surface area contributed by atoms with Crippen LogP contribution in [0.2, 0.25) is 0 Å². The summed E-state index contributed by atoms with van der Waals surface area (Å²) in [6.07, 6.45) is 2.33. The Bertz CT molecular complexity index is 372. The van der Waals surface area contributed by atoms with Crippen molar-refractivity contribution < 1.29 is 4.79 Å². The number of nitrogens with two attached hydrogens (primary N) is 1. The fraction of sp³-hybridized carbons (Fsp3) is 0.533. The number of thioether (sulfide) groups is 1. The molecule has 0 bridgehead atoms. The number of hydrogen-bond donors (Lipinski definition) is 1. The largest absolute Gasteiger partial charge is 0.399 e. The number of carbonyl (C=O) groups is 1. The zero-order valence-corrected chi connectivity index (χ0v) is 12.7. The highest BCUT2D eigenvalue weighted by Gasteiger charge is 2.08. The van der Waals surface area contributed by atoms with E-state index in [4.69, 9.17) is 5.73 Å². The van der Waals surface area contributed by atoms with Crippen molar-refractivity contribution in [3.8, 4) is 0 Å². The van der Waals surface area contributed by atoms with Crippen molar-refractivity contribution in [2.24, 2.45) is 0 Å². The topological polar surface area (TPSA) is 46.3 Å². The summed E-state index contributed by atoms with van der Waals surface area (Å²) in [4.78, 5) is 14.4. The molecule has 0 aliphatic rings. The molecule has 0 heterocycles. The molecule has 4 heteroatoms. The average molecular weight is 280 g/mol. The van der Waals surface area contributed by atoms with Crippen LogP contribution in [0.4, 0.5) is 5.69 Å². The van der Waals surface area contributed by atoms with Crippen LogP contribution >= 0.6 is 11.8 Å². The van der Waals surface area contributed by atoms with Gasteiger partial charge in [-0.3, -0.25) is 4.79 Å². The molecule has 0 fully saturated rings. The van der Waals surface area contributed by atoms with Crippen molar-refractivity contribution in [3.63, 3.8) is 0 Å². The summed E-state index contributed by atoms with van der Waals surface area (Å²) >= 11 is 1.39. The van der Waals surface area contributed by atoms with Crippen molar-refractivity contribution in [2.45, 2.75) is 26.7 Å². The van der Waals surface area contributed by atoms with E-state index in [0.717, 1.165) is 43.8 Å². The number of carbonyl (C=O) groups excluding carboxylic acids is 1. The Balaban J connectivity index is 2.35. The molecular formula is C15H24N2OS. The van der Waals surface area contributed by atoms with Gasteiger partial charge < -0.3 is 10.6 Å². The van der Waals surface area contributed by atoms with E-state index in [2.05, 4.69) is 18.7 Å². The van der Waals surface area contributed by atoms with Gasteiger partial charge in [0.1, 0.15) is 0 Å². The molecule has 19 heavy (non-hydrogen) atoms. The third-order valence-electron chi connectivity index (χ3n) is 2.87.